The monoisotopic (exact) mass is 323 g/mol. The van der Waals surface area contributed by atoms with Crippen LogP contribution in [0.2, 0.25) is 0 Å². The molecule has 0 fully saturated rings. The molecule has 5 heteroatoms. The lowest BCUT2D eigenvalue weighted by molar-refractivity contribution is 0.0696. The molecule has 0 aliphatic carbocycles. The molecule has 0 heterocycles. The van der Waals surface area contributed by atoms with E-state index in [1.54, 1.807) is 23.9 Å². The van der Waals surface area contributed by atoms with Crippen molar-refractivity contribution in [2.45, 2.75) is 4.90 Å². The minimum Gasteiger partial charge on any atom is -0.478 e. The number of aromatic carboxylic acids is 1. The lowest BCUT2D eigenvalue weighted by atomic mass is 10.2. The number of thioether (sulfide) groups is 1. The van der Waals surface area contributed by atoms with E-state index < -0.39 is 5.97 Å². The molecule has 0 amide bonds. The number of hydrogen-bond donors (Lipinski definition) is 2. The summed E-state index contributed by atoms with van der Waals surface area (Å²) >= 11 is 3.77. The van der Waals surface area contributed by atoms with Crippen LogP contribution in [0.15, 0.2) is 23.1 Å². The Morgan fingerprint density at radius 1 is 1.57 bits per heavy atom. The van der Waals surface area contributed by atoms with Crippen LogP contribution >= 0.6 is 34.4 Å². The Balaban J connectivity index is 2.90. The summed E-state index contributed by atoms with van der Waals surface area (Å²) in [6.07, 6.45) is 0. The predicted molar refractivity (Wildman–Crippen MR) is 65.9 cm³/mol. The third-order valence-corrected chi connectivity index (χ3v) is 3.95. The van der Waals surface area contributed by atoms with E-state index in [1.165, 1.54) is 0 Å². The normalized spacial score (nSPS) is 10.1. The van der Waals surface area contributed by atoms with E-state index in [4.69, 9.17) is 10.8 Å². The zero-order valence-corrected chi connectivity index (χ0v) is 10.3. The topological polar surface area (TPSA) is 63.3 Å². The van der Waals surface area contributed by atoms with E-state index in [1.807, 2.05) is 6.07 Å². The van der Waals surface area contributed by atoms with E-state index in [-0.39, 0.29) is 0 Å². The van der Waals surface area contributed by atoms with Gasteiger partial charge in [-0.05, 0) is 40.8 Å². The van der Waals surface area contributed by atoms with Gasteiger partial charge < -0.3 is 10.8 Å². The number of benzene rings is 1. The Labute approximate surface area is 100 Å². The molecule has 0 atom stereocenters. The second-order valence-electron chi connectivity index (χ2n) is 2.59. The Hall–Kier alpha value is -0.270. The van der Waals surface area contributed by atoms with Gasteiger partial charge in [-0.1, -0.05) is 0 Å². The molecule has 0 radical (unpaired) electrons. The number of hydrogen-bond acceptors (Lipinski definition) is 3. The molecule has 0 aliphatic rings. The third kappa shape index (κ3) is 3.14. The zero-order valence-electron chi connectivity index (χ0n) is 7.37. The van der Waals surface area contributed by atoms with Crippen molar-refractivity contribution in [3.8, 4) is 0 Å². The van der Waals surface area contributed by atoms with Gasteiger partial charge in [0, 0.05) is 20.8 Å². The number of nitrogens with two attached hydrogens (primary N) is 1. The molecule has 1 rings (SSSR count). The molecule has 0 bridgehead atoms. The van der Waals surface area contributed by atoms with Crippen LogP contribution in [0.25, 0.3) is 0 Å². The van der Waals surface area contributed by atoms with Crippen LogP contribution in [0.4, 0.5) is 0 Å². The molecule has 3 nitrogen and oxygen atoms in total. The van der Waals surface area contributed by atoms with Crippen LogP contribution in [0.3, 0.4) is 0 Å². The SMILES string of the molecule is NCCSc1cc(C(=O)O)ccc1I. The summed E-state index contributed by atoms with van der Waals surface area (Å²) in [6.45, 7) is 0.595. The van der Waals surface area contributed by atoms with Gasteiger partial charge in [-0.2, -0.15) is 0 Å². The highest BCUT2D eigenvalue weighted by Gasteiger charge is 2.06. The van der Waals surface area contributed by atoms with Crippen molar-refractivity contribution >= 4 is 40.3 Å². The fraction of sp³-hybridized carbons (Fsp3) is 0.222. The van der Waals surface area contributed by atoms with Gasteiger partial charge in [0.05, 0.1) is 5.56 Å². The first-order chi connectivity index (χ1) is 6.65. The minimum atomic E-state index is -0.893. The molecule has 0 saturated heterocycles. The van der Waals surface area contributed by atoms with Crippen LogP contribution in [-0.4, -0.2) is 23.4 Å². The second-order valence-corrected chi connectivity index (χ2v) is 4.89. The van der Waals surface area contributed by atoms with E-state index in [0.29, 0.717) is 12.1 Å². The molecule has 76 valence electrons. The summed E-state index contributed by atoms with van der Waals surface area (Å²) < 4.78 is 1.06. The average Bonchev–Trinajstić information content (AvgIpc) is 2.16. The number of halogens is 1. The van der Waals surface area contributed by atoms with Crippen molar-refractivity contribution in [2.24, 2.45) is 5.73 Å². The summed E-state index contributed by atoms with van der Waals surface area (Å²) in [7, 11) is 0. The lowest BCUT2D eigenvalue weighted by Gasteiger charge is -2.04. The van der Waals surface area contributed by atoms with Crippen LogP contribution in [0.5, 0.6) is 0 Å². The molecule has 0 spiro atoms. The summed E-state index contributed by atoms with van der Waals surface area (Å²) in [5, 5.41) is 8.79. The lowest BCUT2D eigenvalue weighted by Crippen LogP contribution is -2.02. The van der Waals surface area contributed by atoms with Crippen molar-refractivity contribution in [1.82, 2.24) is 0 Å². The number of carboxylic acid groups (broad SMARTS) is 1. The highest BCUT2D eigenvalue weighted by molar-refractivity contribution is 14.1. The van der Waals surface area contributed by atoms with Crippen molar-refractivity contribution in [3.63, 3.8) is 0 Å². The van der Waals surface area contributed by atoms with Gasteiger partial charge in [-0.15, -0.1) is 11.8 Å². The standard InChI is InChI=1S/C9H10INO2S/c10-7-2-1-6(9(12)13)5-8(7)14-4-3-11/h1-2,5H,3-4,11H2,(H,12,13). The maximum Gasteiger partial charge on any atom is 0.335 e. The molecule has 14 heavy (non-hydrogen) atoms. The van der Waals surface area contributed by atoms with Gasteiger partial charge in [0.15, 0.2) is 0 Å². The first kappa shape index (κ1) is 11.8. The second kappa shape index (κ2) is 5.57. The maximum atomic E-state index is 10.7. The molecule has 1 aromatic rings. The van der Waals surface area contributed by atoms with Gasteiger partial charge >= 0.3 is 5.97 Å². The summed E-state index contributed by atoms with van der Waals surface area (Å²) in [4.78, 5) is 11.7. The Bertz CT molecular complexity index is 344. The largest absolute Gasteiger partial charge is 0.478 e. The minimum absolute atomic E-state index is 0.324. The molecule has 0 unspecified atom stereocenters. The molecule has 1 aromatic carbocycles. The van der Waals surface area contributed by atoms with Crippen molar-refractivity contribution in [2.75, 3.05) is 12.3 Å². The summed E-state index contributed by atoms with van der Waals surface area (Å²) in [6, 6.07) is 5.10. The smallest absolute Gasteiger partial charge is 0.335 e. The van der Waals surface area contributed by atoms with Gasteiger partial charge in [0.2, 0.25) is 0 Å². The van der Waals surface area contributed by atoms with Crippen LogP contribution in [0.1, 0.15) is 10.4 Å². The summed E-state index contributed by atoms with van der Waals surface area (Å²) in [5.41, 5.74) is 5.71. The summed E-state index contributed by atoms with van der Waals surface area (Å²) in [5.74, 6) is -0.0880. The molecule has 0 saturated carbocycles. The molecular formula is C9H10INO2S. The van der Waals surface area contributed by atoms with Gasteiger partial charge in [0.1, 0.15) is 0 Å². The zero-order chi connectivity index (χ0) is 10.6. The first-order valence-corrected chi connectivity index (χ1v) is 6.07. The maximum absolute atomic E-state index is 10.7. The highest BCUT2D eigenvalue weighted by atomic mass is 127. The van der Waals surface area contributed by atoms with Gasteiger partial charge in [-0.25, -0.2) is 4.79 Å². The Morgan fingerprint density at radius 2 is 2.29 bits per heavy atom. The Morgan fingerprint density at radius 3 is 2.86 bits per heavy atom. The number of carbonyl (C=O) groups is 1. The van der Waals surface area contributed by atoms with E-state index in [9.17, 15) is 4.79 Å². The number of rotatable bonds is 4. The van der Waals surface area contributed by atoms with E-state index >= 15 is 0 Å². The quantitative estimate of drug-likeness (QED) is 0.657. The molecule has 0 aromatic heterocycles. The Kier molecular flexibility index (Phi) is 4.70. The van der Waals surface area contributed by atoms with Crippen LogP contribution in [0, 0.1) is 3.57 Å². The van der Waals surface area contributed by atoms with Crippen LogP contribution < -0.4 is 5.73 Å². The average molecular weight is 323 g/mol. The van der Waals surface area contributed by atoms with E-state index in [0.717, 1.165) is 14.2 Å². The van der Waals surface area contributed by atoms with Gasteiger partial charge in [0.25, 0.3) is 0 Å². The van der Waals surface area contributed by atoms with Crippen molar-refractivity contribution in [1.29, 1.82) is 0 Å². The fourth-order valence-corrected chi connectivity index (χ4v) is 2.47. The predicted octanol–water partition coefficient (Wildman–Crippen LogP) is 2.04. The highest BCUT2D eigenvalue weighted by Crippen LogP contribution is 2.25. The molecular weight excluding hydrogens is 313 g/mol. The fourth-order valence-electron chi connectivity index (χ4n) is 0.916. The van der Waals surface area contributed by atoms with Crippen molar-refractivity contribution in [3.05, 3.63) is 27.3 Å². The third-order valence-electron chi connectivity index (χ3n) is 1.55. The van der Waals surface area contributed by atoms with Crippen LogP contribution in [-0.2, 0) is 0 Å². The van der Waals surface area contributed by atoms with Gasteiger partial charge in [-0.3, -0.25) is 0 Å². The number of carboxylic acids is 1. The first-order valence-electron chi connectivity index (χ1n) is 4.01. The molecule has 0 aliphatic heterocycles. The van der Waals surface area contributed by atoms with E-state index in [2.05, 4.69) is 22.6 Å². The van der Waals surface area contributed by atoms with Crippen molar-refractivity contribution < 1.29 is 9.90 Å². The molecule has 3 N–H and O–H groups in total.